The molecule has 1 atom stereocenters. The maximum absolute atomic E-state index is 13.5. The second kappa shape index (κ2) is 8.29. The number of benzene rings is 1. The zero-order chi connectivity index (χ0) is 20.6. The Morgan fingerprint density at radius 2 is 2.07 bits per heavy atom. The molecule has 2 aliphatic heterocycles. The second-order valence-electron chi connectivity index (χ2n) is 7.94. The van der Waals surface area contributed by atoms with Crippen molar-refractivity contribution in [3.63, 3.8) is 0 Å². The van der Waals surface area contributed by atoms with Gasteiger partial charge in [-0.25, -0.2) is 17.7 Å². The smallest absolute Gasteiger partial charge is 0.232 e. The Bertz CT molecular complexity index is 990. The number of amides is 1. The van der Waals surface area contributed by atoms with Crippen molar-refractivity contribution in [2.75, 3.05) is 37.4 Å². The minimum Gasteiger partial charge on any atom is -0.376 e. The molecule has 2 aliphatic rings. The van der Waals surface area contributed by atoms with Gasteiger partial charge in [0.1, 0.15) is 0 Å². The van der Waals surface area contributed by atoms with Crippen LogP contribution < -0.4 is 4.90 Å². The fourth-order valence-corrected chi connectivity index (χ4v) is 6.03. The highest BCUT2D eigenvalue weighted by atomic mass is 32.2. The first-order chi connectivity index (χ1) is 13.8. The average Bonchev–Trinajstić information content (AvgIpc) is 3.35. The zero-order valence-electron chi connectivity index (χ0n) is 16.8. The monoisotopic (exact) mass is 437 g/mol. The third kappa shape index (κ3) is 4.47. The highest BCUT2D eigenvalue weighted by Crippen LogP contribution is 2.33. The van der Waals surface area contributed by atoms with Crippen molar-refractivity contribution in [3.8, 4) is 0 Å². The summed E-state index contributed by atoms with van der Waals surface area (Å²) in [6.07, 6.45) is 4.29. The molecule has 0 unspecified atom stereocenters. The largest absolute Gasteiger partial charge is 0.376 e. The fourth-order valence-electron chi connectivity index (χ4n) is 4.10. The lowest BCUT2D eigenvalue weighted by molar-refractivity contribution is -0.123. The summed E-state index contributed by atoms with van der Waals surface area (Å²) in [5.74, 6) is -0.159. The SMILES string of the molecule is Cc1cccc2sc(N(C[C@H]3CCCO3)C(=O)C3CCN(S(C)(=O)=O)CC3)nc12. The lowest BCUT2D eigenvalue weighted by Crippen LogP contribution is -2.46. The van der Waals surface area contributed by atoms with Gasteiger partial charge < -0.3 is 4.74 Å². The number of rotatable bonds is 5. The molecule has 4 rings (SSSR count). The van der Waals surface area contributed by atoms with Crippen LogP contribution in [0.2, 0.25) is 0 Å². The number of carbonyl (C=O) groups excluding carboxylic acids is 1. The lowest BCUT2D eigenvalue weighted by Gasteiger charge is -2.33. The number of hydrogen-bond acceptors (Lipinski definition) is 6. The van der Waals surface area contributed by atoms with Crippen molar-refractivity contribution < 1.29 is 17.9 Å². The number of sulfonamides is 1. The molecule has 7 nitrogen and oxygen atoms in total. The summed E-state index contributed by atoms with van der Waals surface area (Å²) in [4.78, 5) is 20.1. The van der Waals surface area contributed by atoms with E-state index in [4.69, 9.17) is 9.72 Å². The van der Waals surface area contributed by atoms with E-state index in [1.807, 2.05) is 25.1 Å². The summed E-state index contributed by atoms with van der Waals surface area (Å²) in [7, 11) is -3.21. The number of thiazole rings is 1. The van der Waals surface area contributed by atoms with Gasteiger partial charge in [0, 0.05) is 25.6 Å². The molecule has 0 aliphatic carbocycles. The van der Waals surface area contributed by atoms with Gasteiger partial charge in [0.2, 0.25) is 15.9 Å². The predicted octanol–water partition coefficient (Wildman–Crippen LogP) is 2.79. The Morgan fingerprint density at radius 3 is 2.69 bits per heavy atom. The van der Waals surface area contributed by atoms with E-state index >= 15 is 0 Å². The van der Waals surface area contributed by atoms with Crippen LogP contribution in [0.4, 0.5) is 5.13 Å². The molecule has 0 bridgehead atoms. The highest BCUT2D eigenvalue weighted by Gasteiger charge is 2.34. The number of ether oxygens (including phenoxy) is 1. The summed E-state index contributed by atoms with van der Waals surface area (Å²) < 4.78 is 31.9. The van der Waals surface area contributed by atoms with Crippen molar-refractivity contribution >= 4 is 42.6 Å². The van der Waals surface area contributed by atoms with E-state index in [2.05, 4.69) is 0 Å². The van der Waals surface area contributed by atoms with Crippen LogP contribution in [-0.4, -0.2) is 62.2 Å². The Morgan fingerprint density at radius 1 is 1.31 bits per heavy atom. The van der Waals surface area contributed by atoms with Crippen molar-refractivity contribution in [3.05, 3.63) is 23.8 Å². The van der Waals surface area contributed by atoms with Gasteiger partial charge in [0.25, 0.3) is 0 Å². The average molecular weight is 438 g/mol. The Labute approximate surface area is 175 Å². The minimum absolute atomic E-state index is 0.0307. The van der Waals surface area contributed by atoms with Gasteiger partial charge in [0.15, 0.2) is 5.13 Å². The molecule has 2 fully saturated rings. The van der Waals surface area contributed by atoms with Crippen LogP contribution in [0, 0.1) is 12.8 Å². The first kappa shape index (κ1) is 20.7. The van der Waals surface area contributed by atoms with E-state index in [9.17, 15) is 13.2 Å². The number of fused-ring (bicyclic) bond motifs is 1. The molecule has 1 aromatic heterocycles. The summed E-state index contributed by atoms with van der Waals surface area (Å²) in [6, 6.07) is 6.06. The number of aromatic nitrogens is 1. The summed E-state index contributed by atoms with van der Waals surface area (Å²) >= 11 is 1.53. The van der Waals surface area contributed by atoms with Gasteiger partial charge in [-0.15, -0.1) is 0 Å². The van der Waals surface area contributed by atoms with Crippen LogP contribution in [0.15, 0.2) is 18.2 Å². The number of nitrogens with zero attached hydrogens (tertiary/aromatic N) is 3. The van der Waals surface area contributed by atoms with E-state index in [-0.39, 0.29) is 17.9 Å². The van der Waals surface area contributed by atoms with E-state index in [1.54, 1.807) is 4.90 Å². The standard InChI is InChI=1S/C20H27N3O4S2/c1-14-5-3-7-17-18(14)21-20(28-17)23(13-16-6-4-12-27-16)19(24)15-8-10-22(11-9-15)29(2,25)26/h3,5,7,15-16H,4,6,8-13H2,1-2H3/t16-/m1/s1. The Balaban J connectivity index is 1.58. The summed E-state index contributed by atoms with van der Waals surface area (Å²) in [5, 5.41) is 0.709. The number of hydrogen-bond donors (Lipinski definition) is 0. The van der Waals surface area contributed by atoms with Crippen LogP contribution in [0.1, 0.15) is 31.2 Å². The number of anilines is 1. The van der Waals surface area contributed by atoms with Gasteiger partial charge >= 0.3 is 0 Å². The molecule has 158 valence electrons. The Kier molecular flexibility index (Phi) is 5.92. The van der Waals surface area contributed by atoms with Crippen molar-refractivity contribution in [1.82, 2.24) is 9.29 Å². The van der Waals surface area contributed by atoms with Crippen LogP contribution >= 0.6 is 11.3 Å². The molecular formula is C20H27N3O4S2. The van der Waals surface area contributed by atoms with E-state index < -0.39 is 10.0 Å². The molecule has 9 heteroatoms. The van der Waals surface area contributed by atoms with Crippen molar-refractivity contribution in [1.29, 1.82) is 0 Å². The Hall–Kier alpha value is -1.55. The van der Waals surface area contributed by atoms with Crippen LogP contribution in [0.5, 0.6) is 0 Å². The fraction of sp³-hybridized carbons (Fsp3) is 0.600. The second-order valence-corrected chi connectivity index (χ2v) is 10.9. The number of carbonyl (C=O) groups is 1. The first-order valence-electron chi connectivity index (χ1n) is 10.1. The first-order valence-corrected chi connectivity index (χ1v) is 12.7. The third-order valence-corrected chi connectivity index (χ3v) is 8.14. The maximum atomic E-state index is 13.5. The van der Waals surface area contributed by atoms with Gasteiger partial charge in [-0.05, 0) is 44.2 Å². The molecule has 1 aromatic carbocycles. The van der Waals surface area contributed by atoms with E-state index in [0.717, 1.165) is 35.2 Å². The van der Waals surface area contributed by atoms with Crippen molar-refractivity contribution in [2.24, 2.45) is 5.92 Å². The van der Waals surface area contributed by atoms with Gasteiger partial charge in [-0.1, -0.05) is 23.5 Å². The molecule has 0 radical (unpaired) electrons. The molecule has 29 heavy (non-hydrogen) atoms. The lowest BCUT2D eigenvalue weighted by atomic mass is 9.96. The molecule has 2 saturated heterocycles. The molecular weight excluding hydrogens is 410 g/mol. The molecule has 1 amide bonds. The quantitative estimate of drug-likeness (QED) is 0.719. The van der Waals surface area contributed by atoms with Gasteiger partial charge in [-0.3, -0.25) is 9.69 Å². The van der Waals surface area contributed by atoms with Gasteiger partial charge in [-0.2, -0.15) is 0 Å². The summed E-state index contributed by atoms with van der Waals surface area (Å²) in [5.41, 5.74) is 2.03. The predicted molar refractivity (Wildman–Crippen MR) is 115 cm³/mol. The number of piperidine rings is 1. The van der Waals surface area contributed by atoms with Crippen molar-refractivity contribution in [2.45, 2.75) is 38.7 Å². The van der Waals surface area contributed by atoms with E-state index in [0.29, 0.717) is 37.6 Å². The summed E-state index contributed by atoms with van der Waals surface area (Å²) in [6.45, 7) is 4.05. The molecule has 0 saturated carbocycles. The van der Waals surface area contributed by atoms with Gasteiger partial charge in [0.05, 0.1) is 29.1 Å². The van der Waals surface area contributed by atoms with Crippen LogP contribution in [-0.2, 0) is 19.6 Å². The molecule has 2 aromatic rings. The number of aryl methyl sites for hydroxylation is 1. The molecule has 3 heterocycles. The minimum atomic E-state index is -3.21. The third-order valence-electron chi connectivity index (χ3n) is 5.79. The van der Waals surface area contributed by atoms with Crippen LogP contribution in [0.25, 0.3) is 10.2 Å². The molecule has 0 spiro atoms. The zero-order valence-corrected chi connectivity index (χ0v) is 18.5. The van der Waals surface area contributed by atoms with Crippen LogP contribution in [0.3, 0.4) is 0 Å². The topological polar surface area (TPSA) is 79.8 Å². The number of para-hydroxylation sites is 1. The normalized spacial score (nSPS) is 21.7. The van der Waals surface area contributed by atoms with E-state index in [1.165, 1.54) is 21.9 Å². The maximum Gasteiger partial charge on any atom is 0.232 e. The molecule has 0 N–H and O–H groups in total. The highest BCUT2D eigenvalue weighted by molar-refractivity contribution is 7.88.